The fourth-order valence-electron chi connectivity index (χ4n) is 3.28. The van der Waals surface area contributed by atoms with Crippen LogP contribution in [-0.2, 0) is 16.0 Å². The summed E-state index contributed by atoms with van der Waals surface area (Å²) in [4.78, 5) is 26.7. The van der Waals surface area contributed by atoms with Crippen LogP contribution >= 0.6 is 11.6 Å². The highest BCUT2D eigenvalue weighted by Crippen LogP contribution is 2.29. The van der Waals surface area contributed by atoms with E-state index in [4.69, 9.17) is 11.6 Å². The van der Waals surface area contributed by atoms with Crippen molar-refractivity contribution in [1.29, 1.82) is 0 Å². The van der Waals surface area contributed by atoms with Gasteiger partial charge in [-0.05, 0) is 55.5 Å². The molecule has 5 heteroatoms. The number of hydrogen-bond acceptors (Lipinski definition) is 2. The fraction of sp³-hybridized carbons (Fsp3) is 0.300. The number of nitrogens with one attached hydrogen (secondary N) is 1. The third kappa shape index (κ3) is 3.85. The Hall–Kier alpha value is -2.33. The van der Waals surface area contributed by atoms with E-state index >= 15 is 0 Å². The molecule has 1 N–H and O–H groups in total. The SMILES string of the molecule is Cc1cc(C)c(NC(=O)CC(=O)N2CCCc3ccccc32)c(Cl)c1. The van der Waals surface area contributed by atoms with Gasteiger partial charge in [-0.1, -0.05) is 35.9 Å². The van der Waals surface area contributed by atoms with Crippen LogP contribution in [0.3, 0.4) is 0 Å². The van der Waals surface area contributed by atoms with Crippen molar-refractivity contribution in [3.05, 3.63) is 58.1 Å². The Morgan fingerprint density at radius 2 is 1.96 bits per heavy atom. The largest absolute Gasteiger partial charge is 0.324 e. The van der Waals surface area contributed by atoms with E-state index in [1.807, 2.05) is 44.2 Å². The lowest BCUT2D eigenvalue weighted by atomic mass is 10.0. The Bertz CT molecular complexity index is 809. The first-order valence-electron chi connectivity index (χ1n) is 8.40. The van der Waals surface area contributed by atoms with Crippen molar-refractivity contribution < 1.29 is 9.59 Å². The topological polar surface area (TPSA) is 49.4 Å². The van der Waals surface area contributed by atoms with Gasteiger partial charge in [0.15, 0.2) is 0 Å². The second-order valence-corrected chi connectivity index (χ2v) is 6.85. The average molecular weight is 357 g/mol. The number of rotatable bonds is 3. The fourth-order valence-corrected chi connectivity index (χ4v) is 3.65. The molecule has 0 radical (unpaired) electrons. The van der Waals surface area contributed by atoms with Crippen molar-refractivity contribution in [2.45, 2.75) is 33.1 Å². The van der Waals surface area contributed by atoms with Crippen molar-refractivity contribution in [3.8, 4) is 0 Å². The van der Waals surface area contributed by atoms with E-state index in [1.54, 1.807) is 11.0 Å². The van der Waals surface area contributed by atoms with Gasteiger partial charge in [0, 0.05) is 12.2 Å². The lowest BCUT2D eigenvalue weighted by molar-refractivity contribution is -0.125. The highest BCUT2D eigenvalue weighted by molar-refractivity contribution is 6.34. The van der Waals surface area contributed by atoms with Gasteiger partial charge in [0.05, 0.1) is 10.7 Å². The van der Waals surface area contributed by atoms with Gasteiger partial charge in [-0.15, -0.1) is 0 Å². The number of carbonyl (C=O) groups excluding carboxylic acids is 2. The zero-order valence-electron chi connectivity index (χ0n) is 14.4. The van der Waals surface area contributed by atoms with Crippen LogP contribution in [0.15, 0.2) is 36.4 Å². The molecule has 0 saturated heterocycles. The molecule has 0 bridgehead atoms. The number of carbonyl (C=O) groups is 2. The van der Waals surface area contributed by atoms with Crippen LogP contribution in [-0.4, -0.2) is 18.4 Å². The predicted octanol–water partition coefficient (Wildman–Crippen LogP) is 4.26. The van der Waals surface area contributed by atoms with Crippen LogP contribution in [0.25, 0.3) is 0 Å². The van der Waals surface area contributed by atoms with Crippen molar-refractivity contribution in [2.75, 3.05) is 16.8 Å². The molecule has 1 heterocycles. The number of fused-ring (bicyclic) bond motifs is 1. The number of benzene rings is 2. The van der Waals surface area contributed by atoms with E-state index in [2.05, 4.69) is 5.32 Å². The van der Waals surface area contributed by atoms with Crippen LogP contribution in [0.2, 0.25) is 5.02 Å². The van der Waals surface area contributed by atoms with Crippen LogP contribution in [0, 0.1) is 13.8 Å². The second kappa shape index (κ2) is 7.28. The predicted molar refractivity (Wildman–Crippen MR) is 101 cm³/mol. The highest BCUT2D eigenvalue weighted by atomic mass is 35.5. The summed E-state index contributed by atoms with van der Waals surface area (Å²) in [6.07, 6.45) is 1.68. The lowest BCUT2D eigenvalue weighted by Gasteiger charge is -2.29. The first-order chi connectivity index (χ1) is 12.0. The zero-order chi connectivity index (χ0) is 18.0. The first kappa shape index (κ1) is 17.5. The number of halogens is 1. The normalized spacial score (nSPS) is 13.3. The molecule has 1 aliphatic rings. The number of aryl methyl sites for hydroxylation is 3. The molecule has 2 amide bonds. The zero-order valence-corrected chi connectivity index (χ0v) is 15.2. The van der Waals surface area contributed by atoms with Gasteiger partial charge in [0.1, 0.15) is 6.42 Å². The van der Waals surface area contributed by atoms with Crippen LogP contribution in [0.4, 0.5) is 11.4 Å². The molecule has 3 rings (SSSR count). The molecule has 4 nitrogen and oxygen atoms in total. The third-order valence-corrected chi connectivity index (χ3v) is 4.72. The standard InChI is InChI=1S/C20H21ClN2O2/c1-13-10-14(2)20(16(21)11-13)22-18(24)12-19(25)23-9-5-7-15-6-3-4-8-17(15)23/h3-4,6,8,10-11H,5,7,9,12H2,1-2H3,(H,22,24). The van der Waals surface area contributed by atoms with E-state index in [9.17, 15) is 9.59 Å². The average Bonchev–Trinajstić information content (AvgIpc) is 2.57. The maximum absolute atomic E-state index is 12.6. The minimum absolute atomic E-state index is 0.189. The van der Waals surface area contributed by atoms with Gasteiger partial charge in [-0.25, -0.2) is 0 Å². The van der Waals surface area contributed by atoms with E-state index in [1.165, 1.54) is 0 Å². The maximum Gasteiger partial charge on any atom is 0.236 e. The monoisotopic (exact) mass is 356 g/mol. The number of para-hydroxylation sites is 1. The molecule has 0 spiro atoms. The molecule has 0 fully saturated rings. The van der Waals surface area contributed by atoms with Gasteiger partial charge in [0.25, 0.3) is 0 Å². The summed E-state index contributed by atoms with van der Waals surface area (Å²) in [6.45, 7) is 4.48. The number of hydrogen-bond donors (Lipinski definition) is 1. The van der Waals surface area contributed by atoms with Crippen molar-refractivity contribution in [1.82, 2.24) is 0 Å². The summed E-state index contributed by atoms with van der Waals surface area (Å²) < 4.78 is 0. The highest BCUT2D eigenvalue weighted by Gasteiger charge is 2.24. The van der Waals surface area contributed by atoms with Gasteiger partial charge < -0.3 is 10.2 Å². The Balaban J connectivity index is 1.71. The van der Waals surface area contributed by atoms with Crippen LogP contribution < -0.4 is 10.2 Å². The third-order valence-electron chi connectivity index (χ3n) is 4.42. The molecule has 25 heavy (non-hydrogen) atoms. The Labute approximate surface area is 152 Å². The molecule has 2 aromatic rings. The number of anilines is 2. The summed E-state index contributed by atoms with van der Waals surface area (Å²) in [5, 5.41) is 3.27. The Morgan fingerprint density at radius 3 is 2.72 bits per heavy atom. The number of nitrogens with zero attached hydrogens (tertiary/aromatic N) is 1. The second-order valence-electron chi connectivity index (χ2n) is 6.44. The minimum Gasteiger partial charge on any atom is -0.324 e. The first-order valence-corrected chi connectivity index (χ1v) is 8.78. The number of amides is 2. The molecule has 0 unspecified atom stereocenters. The minimum atomic E-state index is -0.345. The van der Waals surface area contributed by atoms with Crippen molar-refractivity contribution in [3.63, 3.8) is 0 Å². The molecular weight excluding hydrogens is 336 g/mol. The quantitative estimate of drug-likeness (QED) is 0.835. The van der Waals surface area contributed by atoms with E-state index in [0.717, 1.165) is 35.2 Å². The molecule has 1 aliphatic heterocycles. The summed E-state index contributed by atoms with van der Waals surface area (Å²) in [7, 11) is 0. The van der Waals surface area contributed by atoms with E-state index in [-0.39, 0.29) is 18.2 Å². The smallest absolute Gasteiger partial charge is 0.236 e. The molecule has 0 aromatic heterocycles. The van der Waals surface area contributed by atoms with Crippen molar-refractivity contribution in [2.24, 2.45) is 0 Å². The van der Waals surface area contributed by atoms with Gasteiger partial charge >= 0.3 is 0 Å². The van der Waals surface area contributed by atoms with Crippen LogP contribution in [0.1, 0.15) is 29.5 Å². The molecule has 0 aliphatic carbocycles. The van der Waals surface area contributed by atoms with Crippen LogP contribution in [0.5, 0.6) is 0 Å². The molecule has 0 atom stereocenters. The maximum atomic E-state index is 12.6. The lowest BCUT2D eigenvalue weighted by Crippen LogP contribution is -2.37. The van der Waals surface area contributed by atoms with Gasteiger partial charge in [0.2, 0.25) is 11.8 Å². The van der Waals surface area contributed by atoms with Crippen molar-refractivity contribution >= 4 is 34.8 Å². The summed E-state index contributed by atoms with van der Waals surface area (Å²) in [5.41, 5.74) is 4.55. The molecular formula is C20H21ClN2O2. The molecule has 0 saturated carbocycles. The van der Waals surface area contributed by atoms with Gasteiger partial charge in [-0.2, -0.15) is 0 Å². The Morgan fingerprint density at radius 1 is 1.20 bits per heavy atom. The van der Waals surface area contributed by atoms with E-state index in [0.29, 0.717) is 17.3 Å². The van der Waals surface area contributed by atoms with Gasteiger partial charge in [-0.3, -0.25) is 9.59 Å². The summed E-state index contributed by atoms with van der Waals surface area (Å²) >= 11 is 6.22. The molecule has 130 valence electrons. The summed E-state index contributed by atoms with van der Waals surface area (Å²) in [6, 6.07) is 11.6. The summed E-state index contributed by atoms with van der Waals surface area (Å²) in [5.74, 6) is -0.535. The van der Waals surface area contributed by atoms with E-state index < -0.39 is 0 Å². The molecule has 2 aromatic carbocycles. The Kier molecular flexibility index (Phi) is 5.09.